The molecule has 3 heterocycles. The van der Waals surface area contributed by atoms with Crippen LogP contribution >= 0.6 is 11.5 Å². The van der Waals surface area contributed by atoms with Crippen LogP contribution < -0.4 is 9.80 Å². The van der Waals surface area contributed by atoms with E-state index < -0.39 is 0 Å². The quantitative estimate of drug-likeness (QED) is 0.811. The summed E-state index contributed by atoms with van der Waals surface area (Å²) in [7, 11) is 1.69. The van der Waals surface area contributed by atoms with E-state index in [0.717, 1.165) is 49.2 Å². The highest BCUT2D eigenvalue weighted by molar-refractivity contribution is 7.09. The van der Waals surface area contributed by atoms with Crippen molar-refractivity contribution in [2.75, 3.05) is 49.7 Å². The molecule has 0 radical (unpaired) electrons. The maximum Gasteiger partial charge on any atom is 0.205 e. The summed E-state index contributed by atoms with van der Waals surface area (Å²) in [6.07, 6.45) is 4.31. The van der Waals surface area contributed by atoms with Gasteiger partial charge in [-0.2, -0.15) is 14.6 Å². The number of piperazine rings is 1. The van der Waals surface area contributed by atoms with Crippen LogP contribution in [0.1, 0.15) is 5.82 Å². The van der Waals surface area contributed by atoms with E-state index in [0.29, 0.717) is 6.61 Å². The summed E-state index contributed by atoms with van der Waals surface area (Å²) in [6, 6.07) is 2.00. The monoisotopic (exact) mass is 306 g/mol. The summed E-state index contributed by atoms with van der Waals surface area (Å²) < 4.78 is 9.44. The van der Waals surface area contributed by atoms with Gasteiger partial charge < -0.3 is 14.5 Å². The van der Waals surface area contributed by atoms with Crippen molar-refractivity contribution in [3.63, 3.8) is 0 Å². The minimum Gasteiger partial charge on any atom is -0.384 e. The molecule has 0 amide bonds. The summed E-state index contributed by atoms with van der Waals surface area (Å²) in [4.78, 5) is 9.19. The van der Waals surface area contributed by atoms with Crippen LogP contribution in [0.5, 0.6) is 0 Å². The molecule has 0 saturated carbocycles. The Balaban J connectivity index is 1.57. The standard InChI is InChI=1S/C13H18N6OS/c1-20-9-3-12-16-13(21-17-12)19-7-5-18(6-8-19)11-2-4-14-15-10-11/h2,4,10H,3,5-9H2,1H3. The molecular formula is C13H18N6OS. The van der Waals surface area contributed by atoms with Gasteiger partial charge in [0.15, 0.2) is 0 Å². The first-order chi connectivity index (χ1) is 10.4. The van der Waals surface area contributed by atoms with Gasteiger partial charge in [-0.3, -0.25) is 0 Å². The zero-order valence-corrected chi connectivity index (χ0v) is 12.8. The van der Waals surface area contributed by atoms with E-state index in [1.807, 2.05) is 12.3 Å². The highest BCUT2D eigenvalue weighted by atomic mass is 32.1. The van der Waals surface area contributed by atoms with Crippen LogP contribution in [0.2, 0.25) is 0 Å². The Morgan fingerprint density at radius 2 is 2.00 bits per heavy atom. The summed E-state index contributed by atoms with van der Waals surface area (Å²) in [6.45, 7) is 4.47. The van der Waals surface area contributed by atoms with Crippen molar-refractivity contribution in [1.82, 2.24) is 19.6 Å². The Morgan fingerprint density at radius 1 is 1.19 bits per heavy atom. The van der Waals surface area contributed by atoms with Crippen molar-refractivity contribution in [3.05, 3.63) is 24.3 Å². The molecule has 0 aliphatic carbocycles. The first-order valence-corrected chi connectivity index (χ1v) is 7.72. The molecule has 7 nitrogen and oxygen atoms in total. The van der Waals surface area contributed by atoms with Gasteiger partial charge in [0.05, 0.1) is 24.7 Å². The predicted octanol–water partition coefficient (Wildman–Crippen LogP) is 0.844. The minimum atomic E-state index is 0.666. The van der Waals surface area contributed by atoms with Crippen LogP contribution in [-0.2, 0) is 11.2 Å². The predicted molar refractivity (Wildman–Crippen MR) is 81.9 cm³/mol. The molecule has 3 rings (SSSR count). The third kappa shape index (κ3) is 3.45. The van der Waals surface area contributed by atoms with Crippen LogP contribution in [0, 0.1) is 0 Å². The van der Waals surface area contributed by atoms with E-state index in [1.54, 1.807) is 13.3 Å². The molecule has 112 valence electrons. The number of hydrogen-bond donors (Lipinski definition) is 0. The number of anilines is 2. The first-order valence-electron chi connectivity index (χ1n) is 6.95. The molecule has 0 bridgehead atoms. The van der Waals surface area contributed by atoms with Gasteiger partial charge in [0, 0.05) is 51.2 Å². The third-order valence-electron chi connectivity index (χ3n) is 3.47. The molecule has 0 aromatic carbocycles. The Bertz CT molecular complexity index is 555. The zero-order valence-electron chi connectivity index (χ0n) is 12.0. The Kier molecular flexibility index (Phi) is 4.56. The highest BCUT2D eigenvalue weighted by Gasteiger charge is 2.20. The van der Waals surface area contributed by atoms with Crippen molar-refractivity contribution in [3.8, 4) is 0 Å². The summed E-state index contributed by atoms with van der Waals surface area (Å²) in [5.74, 6) is 0.873. The molecule has 0 atom stereocenters. The second-order valence-electron chi connectivity index (χ2n) is 4.81. The Hall–Kier alpha value is -1.80. The van der Waals surface area contributed by atoms with E-state index in [1.165, 1.54) is 11.5 Å². The van der Waals surface area contributed by atoms with Crippen LogP contribution in [0.4, 0.5) is 10.8 Å². The smallest absolute Gasteiger partial charge is 0.205 e. The van der Waals surface area contributed by atoms with Gasteiger partial charge in [-0.15, -0.1) is 0 Å². The first kappa shape index (κ1) is 14.2. The van der Waals surface area contributed by atoms with Crippen molar-refractivity contribution in [2.45, 2.75) is 6.42 Å². The zero-order chi connectivity index (χ0) is 14.5. The van der Waals surface area contributed by atoms with Crippen molar-refractivity contribution in [1.29, 1.82) is 0 Å². The lowest BCUT2D eigenvalue weighted by atomic mass is 10.3. The summed E-state index contributed by atoms with van der Waals surface area (Å²) in [5, 5.41) is 8.76. The number of ether oxygens (including phenoxy) is 1. The Labute approximate surface area is 127 Å². The average Bonchev–Trinajstić information content (AvgIpc) is 3.03. The maximum atomic E-state index is 5.06. The minimum absolute atomic E-state index is 0.666. The molecule has 2 aromatic heterocycles. The fourth-order valence-electron chi connectivity index (χ4n) is 2.29. The summed E-state index contributed by atoms with van der Waals surface area (Å²) in [5.41, 5.74) is 1.13. The normalized spacial score (nSPS) is 15.5. The lowest BCUT2D eigenvalue weighted by Gasteiger charge is -2.35. The molecule has 1 fully saturated rings. The highest BCUT2D eigenvalue weighted by Crippen LogP contribution is 2.21. The number of methoxy groups -OCH3 is 1. The van der Waals surface area contributed by atoms with E-state index in [-0.39, 0.29) is 0 Å². The van der Waals surface area contributed by atoms with E-state index in [4.69, 9.17) is 4.74 Å². The van der Waals surface area contributed by atoms with Crippen molar-refractivity contribution in [2.24, 2.45) is 0 Å². The number of hydrogen-bond acceptors (Lipinski definition) is 8. The largest absolute Gasteiger partial charge is 0.384 e. The molecule has 0 spiro atoms. The molecule has 1 saturated heterocycles. The Morgan fingerprint density at radius 3 is 2.71 bits per heavy atom. The molecule has 1 aliphatic rings. The molecule has 1 aliphatic heterocycles. The topological polar surface area (TPSA) is 67.3 Å². The van der Waals surface area contributed by atoms with Crippen LogP contribution in [-0.4, -0.2) is 59.5 Å². The summed E-state index contributed by atoms with van der Waals surface area (Å²) >= 11 is 1.47. The van der Waals surface area contributed by atoms with Gasteiger partial charge in [-0.25, -0.2) is 4.98 Å². The average molecular weight is 306 g/mol. The fraction of sp³-hybridized carbons (Fsp3) is 0.538. The molecule has 0 N–H and O–H groups in total. The maximum absolute atomic E-state index is 5.06. The van der Waals surface area contributed by atoms with Gasteiger partial charge in [-0.1, -0.05) is 0 Å². The van der Waals surface area contributed by atoms with Crippen molar-refractivity contribution < 1.29 is 4.74 Å². The molecule has 2 aromatic rings. The van der Waals surface area contributed by atoms with Crippen LogP contribution in [0.15, 0.2) is 18.5 Å². The van der Waals surface area contributed by atoms with Crippen LogP contribution in [0.25, 0.3) is 0 Å². The van der Waals surface area contributed by atoms with E-state index >= 15 is 0 Å². The van der Waals surface area contributed by atoms with Crippen molar-refractivity contribution >= 4 is 22.4 Å². The molecule has 0 unspecified atom stereocenters. The van der Waals surface area contributed by atoms with Crippen LogP contribution in [0.3, 0.4) is 0 Å². The van der Waals surface area contributed by atoms with Gasteiger partial charge in [0.25, 0.3) is 0 Å². The number of rotatable bonds is 5. The van der Waals surface area contributed by atoms with Gasteiger partial charge in [0.1, 0.15) is 5.82 Å². The van der Waals surface area contributed by atoms with E-state index in [2.05, 4.69) is 29.4 Å². The number of nitrogens with zero attached hydrogens (tertiary/aromatic N) is 6. The van der Waals surface area contributed by atoms with Gasteiger partial charge >= 0.3 is 0 Å². The van der Waals surface area contributed by atoms with Gasteiger partial charge in [-0.05, 0) is 6.07 Å². The van der Waals surface area contributed by atoms with E-state index in [9.17, 15) is 0 Å². The lowest BCUT2D eigenvalue weighted by molar-refractivity contribution is 0.201. The molecule has 8 heteroatoms. The third-order valence-corrected chi connectivity index (χ3v) is 4.29. The second kappa shape index (κ2) is 6.77. The number of aromatic nitrogens is 4. The molecule has 21 heavy (non-hydrogen) atoms. The SMILES string of the molecule is COCCc1nsc(N2CCN(c3ccnnc3)CC2)n1. The second-order valence-corrected chi connectivity index (χ2v) is 5.54. The molecular weight excluding hydrogens is 288 g/mol. The fourth-order valence-corrected chi connectivity index (χ4v) is 3.06. The van der Waals surface area contributed by atoms with Gasteiger partial charge in [0.2, 0.25) is 5.13 Å². The lowest BCUT2D eigenvalue weighted by Crippen LogP contribution is -2.46.